The number of hydrogen-bond donors (Lipinski definition) is 1. The number of anilines is 2. The molecule has 2 amide bonds. The molecule has 0 radical (unpaired) electrons. The van der Waals surface area contributed by atoms with E-state index in [9.17, 15) is 9.59 Å². The third-order valence-corrected chi connectivity index (χ3v) is 5.66. The van der Waals surface area contributed by atoms with Gasteiger partial charge in [0.2, 0.25) is 11.8 Å². The molecule has 0 unspecified atom stereocenters. The molecule has 1 aromatic heterocycles. The number of hydrogen-bond acceptors (Lipinski definition) is 5. The van der Waals surface area contributed by atoms with Gasteiger partial charge in [0.25, 0.3) is 0 Å². The van der Waals surface area contributed by atoms with E-state index in [1.807, 2.05) is 67.1 Å². The summed E-state index contributed by atoms with van der Waals surface area (Å²) in [5, 5.41) is 11.5. The predicted octanol–water partition coefficient (Wildman–Crippen LogP) is 2.95. The number of amides is 2. The van der Waals surface area contributed by atoms with E-state index in [4.69, 9.17) is 0 Å². The summed E-state index contributed by atoms with van der Waals surface area (Å²) in [7, 11) is 1.88. The summed E-state index contributed by atoms with van der Waals surface area (Å²) in [5.41, 5.74) is 2.32. The highest BCUT2D eigenvalue weighted by molar-refractivity contribution is 8.00. The maximum Gasteiger partial charge on any atom is 0.244 e. The van der Waals surface area contributed by atoms with Gasteiger partial charge in [-0.1, -0.05) is 54.2 Å². The molecule has 0 spiro atoms. The lowest BCUT2D eigenvalue weighted by molar-refractivity contribution is -0.121. The molecular weight excluding hydrogens is 374 g/mol. The summed E-state index contributed by atoms with van der Waals surface area (Å²) in [5.74, 6) is 0.399. The Balaban J connectivity index is 1.55. The van der Waals surface area contributed by atoms with Gasteiger partial charge >= 0.3 is 0 Å². The number of rotatable bonds is 4. The first-order chi connectivity index (χ1) is 13.5. The van der Waals surface area contributed by atoms with E-state index in [1.165, 1.54) is 16.7 Å². The van der Waals surface area contributed by atoms with Crippen LogP contribution in [0.5, 0.6) is 0 Å². The van der Waals surface area contributed by atoms with Crippen LogP contribution in [0.2, 0.25) is 0 Å². The van der Waals surface area contributed by atoms with E-state index < -0.39 is 5.25 Å². The Morgan fingerprint density at radius 2 is 1.82 bits per heavy atom. The molecule has 1 aliphatic heterocycles. The summed E-state index contributed by atoms with van der Waals surface area (Å²) < 4.78 is 1.88. The van der Waals surface area contributed by atoms with Crippen molar-refractivity contribution in [1.29, 1.82) is 0 Å². The Hall–Kier alpha value is -3.13. The highest BCUT2D eigenvalue weighted by Crippen LogP contribution is 2.32. The van der Waals surface area contributed by atoms with Gasteiger partial charge in [0, 0.05) is 12.6 Å². The molecular formula is C20H19N5O2S. The molecule has 0 saturated heterocycles. The van der Waals surface area contributed by atoms with E-state index in [2.05, 4.69) is 15.5 Å². The number of para-hydroxylation sites is 2. The minimum atomic E-state index is -0.425. The van der Waals surface area contributed by atoms with Crippen molar-refractivity contribution in [2.45, 2.75) is 17.3 Å². The highest BCUT2D eigenvalue weighted by atomic mass is 32.2. The van der Waals surface area contributed by atoms with E-state index >= 15 is 0 Å². The number of carbonyl (C=O) groups excluding carboxylic acids is 2. The number of nitrogens with one attached hydrogen (secondary N) is 1. The Bertz CT molecular complexity index is 1030. The SMILES string of the molecule is C[C@@H](Sc1nnc(-c2ccccc2)n1C)C(=O)N1CC(=O)Nc2ccccc21. The van der Waals surface area contributed by atoms with Crippen molar-refractivity contribution in [2.24, 2.45) is 7.05 Å². The molecule has 0 saturated carbocycles. The van der Waals surface area contributed by atoms with Gasteiger partial charge in [0.15, 0.2) is 11.0 Å². The fraction of sp³-hybridized carbons (Fsp3) is 0.200. The molecule has 0 fully saturated rings. The molecule has 28 heavy (non-hydrogen) atoms. The largest absolute Gasteiger partial charge is 0.323 e. The predicted molar refractivity (Wildman–Crippen MR) is 109 cm³/mol. The minimum absolute atomic E-state index is 0.00876. The van der Waals surface area contributed by atoms with Crippen molar-refractivity contribution in [1.82, 2.24) is 14.8 Å². The quantitative estimate of drug-likeness (QED) is 0.690. The van der Waals surface area contributed by atoms with Gasteiger partial charge in [0.05, 0.1) is 16.6 Å². The van der Waals surface area contributed by atoms with Gasteiger partial charge in [0.1, 0.15) is 6.54 Å². The highest BCUT2D eigenvalue weighted by Gasteiger charge is 2.30. The topological polar surface area (TPSA) is 80.1 Å². The molecule has 1 N–H and O–H groups in total. The smallest absolute Gasteiger partial charge is 0.244 e. The van der Waals surface area contributed by atoms with Crippen molar-refractivity contribution >= 4 is 35.0 Å². The first kappa shape index (κ1) is 18.2. The molecule has 7 nitrogen and oxygen atoms in total. The summed E-state index contributed by atoms with van der Waals surface area (Å²) in [6, 6.07) is 17.1. The summed E-state index contributed by atoms with van der Waals surface area (Å²) >= 11 is 1.33. The lowest BCUT2D eigenvalue weighted by atomic mass is 10.2. The summed E-state index contributed by atoms with van der Waals surface area (Å²) in [6.45, 7) is 1.83. The van der Waals surface area contributed by atoms with Gasteiger partial charge in [-0.15, -0.1) is 10.2 Å². The number of nitrogens with zero attached hydrogens (tertiary/aromatic N) is 4. The van der Waals surface area contributed by atoms with Gasteiger partial charge in [-0.25, -0.2) is 0 Å². The van der Waals surface area contributed by atoms with Crippen molar-refractivity contribution in [3.05, 3.63) is 54.6 Å². The standard InChI is InChI=1S/C20H19N5O2S/c1-13(19(27)25-12-17(26)21-15-10-6-7-11-16(15)25)28-20-23-22-18(24(20)2)14-8-4-3-5-9-14/h3-11,13H,12H2,1-2H3,(H,21,26)/t13-/m1/s1. The van der Waals surface area contributed by atoms with Crippen LogP contribution in [0.4, 0.5) is 11.4 Å². The van der Waals surface area contributed by atoms with Crippen LogP contribution in [0.25, 0.3) is 11.4 Å². The second-order valence-electron chi connectivity index (χ2n) is 6.48. The molecule has 142 valence electrons. The van der Waals surface area contributed by atoms with E-state index in [1.54, 1.807) is 6.07 Å². The van der Waals surface area contributed by atoms with Crippen molar-refractivity contribution in [3.8, 4) is 11.4 Å². The average molecular weight is 393 g/mol. The maximum absolute atomic E-state index is 13.1. The number of benzene rings is 2. The number of aromatic nitrogens is 3. The van der Waals surface area contributed by atoms with Gasteiger partial charge < -0.3 is 9.88 Å². The molecule has 0 bridgehead atoms. The zero-order valence-corrected chi connectivity index (χ0v) is 16.3. The molecule has 2 aromatic carbocycles. The van der Waals surface area contributed by atoms with Crippen LogP contribution in [0.1, 0.15) is 6.92 Å². The third kappa shape index (κ3) is 3.38. The van der Waals surface area contributed by atoms with E-state index in [-0.39, 0.29) is 18.4 Å². The monoisotopic (exact) mass is 393 g/mol. The molecule has 3 aromatic rings. The maximum atomic E-state index is 13.1. The van der Waals surface area contributed by atoms with Crippen LogP contribution in [0.15, 0.2) is 59.8 Å². The lowest BCUT2D eigenvalue weighted by Crippen LogP contribution is -2.45. The summed E-state index contributed by atoms with van der Waals surface area (Å²) in [4.78, 5) is 26.6. The number of carbonyl (C=O) groups is 2. The molecule has 0 aliphatic carbocycles. The second kappa shape index (κ2) is 7.47. The van der Waals surface area contributed by atoms with Gasteiger partial charge in [-0.3, -0.25) is 14.5 Å². The van der Waals surface area contributed by atoms with Crippen LogP contribution < -0.4 is 10.2 Å². The molecule has 4 rings (SSSR count). The molecule has 1 atom stereocenters. The first-order valence-corrected chi connectivity index (χ1v) is 9.74. The van der Waals surface area contributed by atoms with E-state index in [0.717, 1.165) is 11.4 Å². The Labute approximate surface area is 166 Å². The van der Waals surface area contributed by atoms with Crippen LogP contribution in [-0.4, -0.2) is 38.4 Å². The van der Waals surface area contributed by atoms with Gasteiger partial charge in [-0.2, -0.15) is 0 Å². The summed E-state index contributed by atoms with van der Waals surface area (Å²) in [6.07, 6.45) is 0. The molecule has 1 aliphatic rings. The fourth-order valence-corrected chi connectivity index (χ4v) is 3.99. The van der Waals surface area contributed by atoms with Crippen molar-refractivity contribution in [3.63, 3.8) is 0 Å². The first-order valence-electron chi connectivity index (χ1n) is 8.86. The second-order valence-corrected chi connectivity index (χ2v) is 7.79. The zero-order chi connectivity index (χ0) is 19.7. The Morgan fingerprint density at radius 3 is 2.61 bits per heavy atom. The number of thioether (sulfide) groups is 1. The Kier molecular flexibility index (Phi) is 4.87. The van der Waals surface area contributed by atoms with E-state index in [0.29, 0.717) is 16.5 Å². The normalized spacial score (nSPS) is 14.4. The Morgan fingerprint density at radius 1 is 1.11 bits per heavy atom. The van der Waals surface area contributed by atoms with Gasteiger partial charge in [-0.05, 0) is 19.1 Å². The lowest BCUT2D eigenvalue weighted by Gasteiger charge is -2.30. The molecule has 8 heteroatoms. The van der Waals surface area contributed by atoms with Crippen molar-refractivity contribution in [2.75, 3.05) is 16.8 Å². The number of fused-ring (bicyclic) bond motifs is 1. The molecule has 2 heterocycles. The van der Waals surface area contributed by atoms with Crippen LogP contribution in [0, 0.1) is 0 Å². The van der Waals surface area contributed by atoms with Crippen LogP contribution in [-0.2, 0) is 16.6 Å². The third-order valence-electron chi connectivity index (χ3n) is 4.53. The fourth-order valence-electron chi connectivity index (χ4n) is 3.11. The van der Waals surface area contributed by atoms with Crippen molar-refractivity contribution < 1.29 is 9.59 Å². The van der Waals surface area contributed by atoms with Crippen LogP contribution >= 0.6 is 11.8 Å². The minimum Gasteiger partial charge on any atom is -0.323 e. The van der Waals surface area contributed by atoms with Crippen LogP contribution in [0.3, 0.4) is 0 Å². The average Bonchev–Trinajstić information content (AvgIpc) is 3.07. The zero-order valence-electron chi connectivity index (χ0n) is 15.5.